The van der Waals surface area contributed by atoms with Crippen LogP contribution in [-0.2, 0) is 4.79 Å². The lowest BCUT2D eigenvalue weighted by Crippen LogP contribution is -2.30. The molecule has 0 saturated carbocycles. The lowest BCUT2D eigenvalue weighted by atomic mass is 10.1. The molecule has 0 aromatic heterocycles. The summed E-state index contributed by atoms with van der Waals surface area (Å²) in [7, 11) is 1.94. The van der Waals surface area contributed by atoms with Crippen molar-refractivity contribution in [2.45, 2.75) is 13.8 Å². The molecule has 0 fully saturated rings. The first-order chi connectivity index (χ1) is 11.1. The van der Waals surface area contributed by atoms with Crippen LogP contribution in [0.25, 0.3) is 6.08 Å². The van der Waals surface area contributed by atoms with Crippen molar-refractivity contribution in [2.75, 3.05) is 25.5 Å². The van der Waals surface area contributed by atoms with Crippen LogP contribution in [0.4, 0.5) is 5.69 Å². The Kier molecular flexibility index (Phi) is 6.12. The molecule has 2 aromatic carbocycles. The molecule has 2 rings (SSSR count). The summed E-state index contributed by atoms with van der Waals surface area (Å²) < 4.78 is 0. The molecule has 0 unspecified atom stereocenters. The predicted molar refractivity (Wildman–Crippen MR) is 97.5 cm³/mol. The van der Waals surface area contributed by atoms with Gasteiger partial charge in [-0.3, -0.25) is 9.69 Å². The van der Waals surface area contributed by atoms with Gasteiger partial charge in [0.1, 0.15) is 0 Å². The smallest absolute Gasteiger partial charge is 0.238 e. The normalized spacial score (nSPS) is 11.1. The molecule has 3 heteroatoms. The number of likely N-dealkylation sites (N-methyl/N-ethyl adjacent to an activating group) is 1. The second-order valence-electron chi connectivity index (χ2n) is 5.81. The monoisotopic (exact) mass is 308 g/mol. The highest BCUT2D eigenvalue weighted by molar-refractivity contribution is 5.93. The minimum absolute atomic E-state index is 0.00862. The summed E-state index contributed by atoms with van der Waals surface area (Å²) in [6.07, 6.45) is 4.14. The van der Waals surface area contributed by atoms with Crippen LogP contribution in [0.1, 0.15) is 16.7 Å². The minimum atomic E-state index is 0.00862. The maximum Gasteiger partial charge on any atom is 0.238 e. The third-order valence-corrected chi connectivity index (χ3v) is 3.82. The van der Waals surface area contributed by atoms with E-state index in [-0.39, 0.29) is 5.91 Å². The van der Waals surface area contributed by atoms with Gasteiger partial charge in [0, 0.05) is 12.2 Å². The molecule has 23 heavy (non-hydrogen) atoms. The Labute approximate surface area is 138 Å². The molecule has 0 saturated heterocycles. The molecular formula is C20H24N2O. The fraction of sp³-hybridized carbons (Fsp3) is 0.250. The predicted octanol–water partition coefficient (Wildman–Crippen LogP) is 3.89. The molecule has 1 amide bonds. The molecule has 1 N–H and O–H groups in total. The van der Waals surface area contributed by atoms with Crippen molar-refractivity contribution in [3.05, 3.63) is 71.3 Å². The second kappa shape index (κ2) is 8.30. The second-order valence-corrected chi connectivity index (χ2v) is 5.81. The number of amides is 1. The number of benzene rings is 2. The Hall–Kier alpha value is -2.39. The SMILES string of the molecule is Cc1cccc(NC(=O)CN(C)C/C=C/c2ccccc2)c1C. The molecule has 0 aliphatic rings. The van der Waals surface area contributed by atoms with Gasteiger partial charge < -0.3 is 5.32 Å². The van der Waals surface area contributed by atoms with Gasteiger partial charge in [-0.2, -0.15) is 0 Å². The van der Waals surface area contributed by atoms with Crippen LogP contribution in [0.15, 0.2) is 54.6 Å². The van der Waals surface area contributed by atoms with Crippen LogP contribution in [0.5, 0.6) is 0 Å². The molecular weight excluding hydrogens is 284 g/mol. The number of nitrogens with one attached hydrogen (secondary N) is 1. The van der Waals surface area contributed by atoms with Crippen molar-refractivity contribution in [2.24, 2.45) is 0 Å². The first kappa shape index (κ1) is 17.0. The summed E-state index contributed by atoms with van der Waals surface area (Å²) in [6, 6.07) is 16.1. The van der Waals surface area contributed by atoms with Crippen molar-refractivity contribution in [3.8, 4) is 0 Å². The summed E-state index contributed by atoms with van der Waals surface area (Å²) in [5, 5.41) is 2.99. The number of rotatable bonds is 6. The van der Waals surface area contributed by atoms with Gasteiger partial charge in [-0.25, -0.2) is 0 Å². The summed E-state index contributed by atoms with van der Waals surface area (Å²) in [6.45, 7) is 5.17. The average molecular weight is 308 g/mol. The van der Waals surface area contributed by atoms with Crippen molar-refractivity contribution in [1.29, 1.82) is 0 Å². The number of nitrogens with zero attached hydrogens (tertiary/aromatic N) is 1. The zero-order valence-corrected chi connectivity index (χ0v) is 14.0. The van der Waals surface area contributed by atoms with Crippen LogP contribution in [0.2, 0.25) is 0 Å². The van der Waals surface area contributed by atoms with E-state index in [9.17, 15) is 4.79 Å². The molecule has 3 nitrogen and oxygen atoms in total. The van der Waals surface area contributed by atoms with Gasteiger partial charge in [-0.15, -0.1) is 0 Å². The van der Waals surface area contributed by atoms with Crippen molar-refractivity contribution in [3.63, 3.8) is 0 Å². The van der Waals surface area contributed by atoms with Gasteiger partial charge in [0.05, 0.1) is 6.54 Å². The maximum absolute atomic E-state index is 12.1. The van der Waals surface area contributed by atoms with Gasteiger partial charge in [-0.1, -0.05) is 54.6 Å². The van der Waals surface area contributed by atoms with E-state index >= 15 is 0 Å². The van der Waals surface area contributed by atoms with Gasteiger partial charge in [0.25, 0.3) is 0 Å². The fourth-order valence-corrected chi connectivity index (χ4v) is 2.32. The third-order valence-electron chi connectivity index (χ3n) is 3.82. The topological polar surface area (TPSA) is 32.3 Å². The molecule has 0 aliphatic heterocycles. The number of aryl methyl sites for hydroxylation is 1. The first-order valence-corrected chi connectivity index (χ1v) is 7.82. The average Bonchev–Trinajstić information content (AvgIpc) is 2.53. The quantitative estimate of drug-likeness (QED) is 0.878. The molecule has 0 heterocycles. The van der Waals surface area contributed by atoms with Gasteiger partial charge in [0.15, 0.2) is 0 Å². The van der Waals surface area contributed by atoms with Gasteiger partial charge in [0.2, 0.25) is 5.91 Å². The molecule has 0 aliphatic carbocycles. The molecule has 0 bridgehead atoms. The number of hydrogen-bond donors (Lipinski definition) is 1. The Morgan fingerprint density at radius 1 is 1.09 bits per heavy atom. The lowest BCUT2D eigenvalue weighted by Gasteiger charge is -2.15. The van der Waals surface area contributed by atoms with Crippen molar-refractivity contribution < 1.29 is 4.79 Å². The lowest BCUT2D eigenvalue weighted by molar-refractivity contribution is -0.116. The van der Waals surface area contributed by atoms with Crippen LogP contribution >= 0.6 is 0 Å². The van der Waals surface area contributed by atoms with Crippen LogP contribution < -0.4 is 5.32 Å². The first-order valence-electron chi connectivity index (χ1n) is 7.82. The van der Waals surface area contributed by atoms with Crippen molar-refractivity contribution >= 4 is 17.7 Å². The third kappa shape index (κ3) is 5.38. The molecule has 0 spiro atoms. The summed E-state index contributed by atoms with van der Waals surface area (Å²) in [4.78, 5) is 14.1. The Balaban J connectivity index is 1.83. The van der Waals surface area contributed by atoms with Gasteiger partial charge >= 0.3 is 0 Å². The van der Waals surface area contributed by atoms with Gasteiger partial charge in [-0.05, 0) is 43.7 Å². The van der Waals surface area contributed by atoms with E-state index in [0.717, 1.165) is 17.8 Å². The highest BCUT2D eigenvalue weighted by Crippen LogP contribution is 2.17. The number of carbonyl (C=O) groups excluding carboxylic acids is 1. The van der Waals surface area contributed by atoms with E-state index in [2.05, 4.69) is 29.6 Å². The molecule has 120 valence electrons. The van der Waals surface area contributed by atoms with E-state index < -0.39 is 0 Å². The summed E-state index contributed by atoms with van der Waals surface area (Å²) in [5.41, 5.74) is 4.36. The number of carbonyl (C=O) groups is 1. The van der Waals surface area contributed by atoms with Crippen LogP contribution in [-0.4, -0.2) is 30.9 Å². The van der Waals surface area contributed by atoms with E-state index in [1.165, 1.54) is 11.1 Å². The van der Waals surface area contributed by atoms with E-state index in [1.807, 2.05) is 62.2 Å². The number of anilines is 1. The maximum atomic E-state index is 12.1. The van der Waals surface area contributed by atoms with E-state index in [1.54, 1.807) is 0 Å². The van der Waals surface area contributed by atoms with E-state index in [4.69, 9.17) is 0 Å². The largest absolute Gasteiger partial charge is 0.325 e. The van der Waals surface area contributed by atoms with Crippen LogP contribution in [0, 0.1) is 13.8 Å². The molecule has 2 aromatic rings. The van der Waals surface area contributed by atoms with Crippen LogP contribution in [0.3, 0.4) is 0 Å². The molecule has 0 radical (unpaired) electrons. The zero-order valence-electron chi connectivity index (χ0n) is 14.0. The highest BCUT2D eigenvalue weighted by atomic mass is 16.2. The van der Waals surface area contributed by atoms with Crippen molar-refractivity contribution in [1.82, 2.24) is 4.90 Å². The number of hydrogen-bond acceptors (Lipinski definition) is 2. The standard InChI is InChI=1S/C20H24N2O/c1-16-9-7-13-19(17(16)2)21-20(23)15-22(3)14-8-12-18-10-5-4-6-11-18/h4-13H,14-15H2,1-3H3,(H,21,23)/b12-8+. The Bertz CT molecular complexity index is 677. The fourth-order valence-electron chi connectivity index (χ4n) is 2.32. The minimum Gasteiger partial charge on any atom is -0.325 e. The zero-order chi connectivity index (χ0) is 16.7. The van der Waals surface area contributed by atoms with E-state index in [0.29, 0.717) is 6.54 Å². The Morgan fingerprint density at radius 3 is 2.57 bits per heavy atom. The highest BCUT2D eigenvalue weighted by Gasteiger charge is 2.08. The summed E-state index contributed by atoms with van der Waals surface area (Å²) in [5.74, 6) is 0.00862. The molecule has 0 atom stereocenters. The summed E-state index contributed by atoms with van der Waals surface area (Å²) >= 11 is 0. The Morgan fingerprint density at radius 2 is 1.83 bits per heavy atom.